The van der Waals surface area contributed by atoms with Crippen LogP contribution in [0.25, 0.3) is 0 Å². The molecule has 1 unspecified atom stereocenters. The zero-order valence-corrected chi connectivity index (χ0v) is 13.2. The summed E-state index contributed by atoms with van der Waals surface area (Å²) < 4.78 is 5.70. The summed E-state index contributed by atoms with van der Waals surface area (Å²) in [5.74, 6) is 0. The van der Waals surface area contributed by atoms with Gasteiger partial charge < -0.3 is 10.1 Å². The first-order chi connectivity index (χ1) is 8.74. The second kappa shape index (κ2) is 12.0. The Hall–Kier alpha value is -0.0800. The van der Waals surface area contributed by atoms with Gasteiger partial charge >= 0.3 is 0 Å². The maximum absolute atomic E-state index is 5.70. The Morgan fingerprint density at radius 1 is 0.889 bits per heavy atom. The number of hydrogen-bond acceptors (Lipinski definition) is 2. The van der Waals surface area contributed by atoms with Crippen molar-refractivity contribution in [3.63, 3.8) is 0 Å². The molecule has 0 aliphatic carbocycles. The zero-order valence-electron chi connectivity index (χ0n) is 13.2. The number of unbranched alkanes of at least 4 members (excludes halogenated alkanes) is 1. The molecular formula is C16H35NO. The third-order valence-corrected chi connectivity index (χ3v) is 3.86. The fraction of sp³-hybridized carbons (Fsp3) is 1.00. The molecule has 1 atom stereocenters. The number of nitrogens with one attached hydrogen (secondary N) is 1. The van der Waals surface area contributed by atoms with Crippen LogP contribution in [0.15, 0.2) is 0 Å². The molecule has 0 heterocycles. The lowest BCUT2D eigenvalue weighted by Gasteiger charge is -2.33. The number of ether oxygens (including phenoxy) is 1. The quantitative estimate of drug-likeness (QED) is 0.494. The molecule has 0 bridgehead atoms. The van der Waals surface area contributed by atoms with Crippen molar-refractivity contribution in [3.8, 4) is 0 Å². The van der Waals surface area contributed by atoms with Crippen LogP contribution in [-0.4, -0.2) is 26.3 Å². The smallest absolute Gasteiger partial charge is 0.0471 e. The molecule has 0 spiro atoms. The lowest BCUT2D eigenvalue weighted by atomic mass is 9.77. The van der Waals surface area contributed by atoms with Crippen LogP contribution >= 0.6 is 0 Å². The molecule has 0 amide bonds. The minimum absolute atomic E-state index is 0.457. The van der Waals surface area contributed by atoms with Crippen molar-refractivity contribution >= 4 is 0 Å². The van der Waals surface area contributed by atoms with Gasteiger partial charge in [-0.1, -0.05) is 40.5 Å². The van der Waals surface area contributed by atoms with Crippen molar-refractivity contribution in [2.75, 3.05) is 26.3 Å². The van der Waals surface area contributed by atoms with Crippen LogP contribution in [0.4, 0.5) is 0 Å². The molecule has 1 N–H and O–H groups in total. The van der Waals surface area contributed by atoms with Gasteiger partial charge in [0.1, 0.15) is 0 Å². The molecule has 0 aliphatic rings. The molecule has 0 rings (SSSR count). The van der Waals surface area contributed by atoms with Gasteiger partial charge in [-0.05, 0) is 44.1 Å². The second-order valence-electron chi connectivity index (χ2n) is 5.50. The van der Waals surface area contributed by atoms with E-state index in [1.54, 1.807) is 0 Å². The third-order valence-electron chi connectivity index (χ3n) is 3.86. The Morgan fingerprint density at radius 2 is 1.67 bits per heavy atom. The second-order valence-corrected chi connectivity index (χ2v) is 5.50. The van der Waals surface area contributed by atoms with E-state index in [1.165, 1.54) is 38.5 Å². The van der Waals surface area contributed by atoms with Crippen molar-refractivity contribution in [1.82, 2.24) is 5.32 Å². The maximum atomic E-state index is 5.70. The SMILES string of the molecule is CCCCC(CC)(CCOCCC)CNCCC. The van der Waals surface area contributed by atoms with E-state index in [-0.39, 0.29) is 0 Å². The predicted molar refractivity (Wildman–Crippen MR) is 81.1 cm³/mol. The minimum atomic E-state index is 0.457. The van der Waals surface area contributed by atoms with Crippen LogP contribution in [0.3, 0.4) is 0 Å². The van der Waals surface area contributed by atoms with Crippen LogP contribution in [0.1, 0.15) is 72.6 Å². The summed E-state index contributed by atoms with van der Waals surface area (Å²) in [7, 11) is 0. The first-order valence-corrected chi connectivity index (χ1v) is 8.03. The lowest BCUT2D eigenvalue weighted by molar-refractivity contribution is 0.0851. The standard InChI is InChI=1S/C16H35NO/c1-5-9-10-16(8-4,15-17-12-6-2)11-14-18-13-7-3/h17H,5-15H2,1-4H3. The summed E-state index contributed by atoms with van der Waals surface area (Å²) in [6.45, 7) is 13.2. The van der Waals surface area contributed by atoms with Crippen LogP contribution in [0, 0.1) is 5.41 Å². The summed E-state index contributed by atoms with van der Waals surface area (Å²) in [4.78, 5) is 0. The molecule has 0 saturated heterocycles. The fourth-order valence-corrected chi connectivity index (χ4v) is 2.40. The molecule has 18 heavy (non-hydrogen) atoms. The average molecular weight is 257 g/mol. The summed E-state index contributed by atoms with van der Waals surface area (Å²) >= 11 is 0. The Bertz CT molecular complexity index is 172. The van der Waals surface area contributed by atoms with E-state index in [0.29, 0.717) is 5.41 Å². The highest BCUT2D eigenvalue weighted by atomic mass is 16.5. The fourth-order valence-electron chi connectivity index (χ4n) is 2.40. The van der Waals surface area contributed by atoms with Gasteiger partial charge in [0.2, 0.25) is 0 Å². The number of rotatable bonds is 13. The maximum Gasteiger partial charge on any atom is 0.0471 e. The van der Waals surface area contributed by atoms with Crippen molar-refractivity contribution in [2.45, 2.75) is 72.6 Å². The summed E-state index contributed by atoms with van der Waals surface area (Å²) in [6.07, 6.45) is 8.80. The molecule has 2 heteroatoms. The van der Waals surface area contributed by atoms with Gasteiger partial charge in [-0.15, -0.1) is 0 Å². The van der Waals surface area contributed by atoms with Gasteiger partial charge in [0.15, 0.2) is 0 Å². The summed E-state index contributed by atoms with van der Waals surface area (Å²) in [5, 5.41) is 3.62. The molecule has 110 valence electrons. The van der Waals surface area contributed by atoms with Crippen LogP contribution in [0.2, 0.25) is 0 Å². The van der Waals surface area contributed by atoms with E-state index in [2.05, 4.69) is 33.0 Å². The average Bonchev–Trinajstić information content (AvgIpc) is 2.40. The van der Waals surface area contributed by atoms with Crippen LogP contribution < -0.4 is 5.32 Å². The number of hydrogen-bond donors (Lipinski definition) is 1. The molecular weight excluding hydrogens is 222 g/mol. The molecule has 2 nitrogen and oxygen atoms in total. The monoisotopic (exact) mass is 257 g/mol. The largest absolute Gasteiger partial charge is 0.381 e. The van der Waals surface area contributed by atoms with E-state index in [1.807, 2.05) is 0 Å². The summed E-state index contributed by atoms with van der Waals surface area (Å²) in [6, 6.07) is 0. The van der Waals surface area contributed by atoms with Gasteiger partial charge in [0.25, 0.3) is 0 Å². The van der Waals surface area contributed by atoms with E-state index in [4.69, 9.17) is 4.74 Å². The Balaban J connectivity index is 4.15. The summed E-state index contributed by atoms with van der Waals surface area (Å²) in [5.41, 5.74) is 0.457. The van der Waals surface area contributed by atoms with E-state index >= 15 is 0 Å². The lowest BCUT2D eigenvalue weighted by Crippen LogP contribution is -2.35. The van der Waals surface area contributed by atoms with Gasteiger partial charge in [-0.2, -0.15) is 0 Å². The van der Waals surface area contributed by atoms with E-state index in [9.17, 15) is 0 Å². The van der Waals surface area contributed by atoms with Crippen LogP contribution in [-0.2, 0) is 4.74 Å². The predicted octanol–water partition coefficient (Wildman–Crippen LogP) is 4.39. The highest BCUT2D eigenvalue weighted by molar-refractivity contribution is 4.80. The van der Waals surface area contributed by atoms with Crippen molar-refractivity contribution in [2.24, 2.45) is 5.41 Å². The normalized spacial score (nSPS) is 14.7. The molecule has 0 saturated carbocycles. The first kappa shape index (κ1) is 17.9. The highest BCUT2D eigenvalue weighted by Gasteiger charge is 2.26. The Kier molecular flexibility index (Phi) is 11.9. The topological polar surface area (TPSA) is 21.3 Å². The highest BCUT2D eigenvalue weighted by Crippen LogP contribution is 2.32. The van der Waals surface area contributed by atoms with Gasteiger partial charge in [0.05, 0.1) is 0 Å². The third kappa shape index (κ3) is 8.10. The zero-order chi connectivity index (χ0) is 13.7. The molecule has 0 aliphatic heterocycles. The molecule has 0 aromatic heterocycles. The van der Waals surface area contributed by atoms with Crippen molar-refractivity contribution < 1.29 is 4.74 Å². The van der Waals surface area contributed by atoms with E-state index < -0.39 is 0 Å². The Morgan fingerprint density at radius 3 is 2.22 bits per heavy atom. The Labute approximate surface area is 115 Å². The van der Waals surface area contributed by atoms with Gasteiger partial charge in [-0.3, -0.25) is 0 Å². The van der Waals surface area contributed by atoms with Crippen molar-refractivity contribution in [1.29, 1.82) is 0 Å². The van der Waals surface area contributed by atoms with Crippen molar-refractivity contribution in [3.05, 3.63) is 0 Å². The van der Waals surface area contributed by atoms with E-state index in [0.717, 1.165) is 32.7 Å². The minimum Gasteiger partial charge on any atom is -0.381 e. The van der Waals surface area contributed by atoms with Crippen LogP contribution in [0.5, 0.6) is 0 Å². The van der Waals surface area contributed by atoms with Gasteiger partial charge in [0, 0.05) is 19.8 Å². The molecule has 0 radical (unpaired) electrons. The van der Waals surface area contributed by atoms with Gasteiger partial charge in [-0.25, -0.2) is 0 Å². The first-order valence-electron chi connectivity index (χ1n) is 8.03. The molecule has 0 aromatic carbocycles. The molecule has 0 aromatic rings. The molecule has 0 fully saturated rings.